The Kier molecular flexibility index (Phi) is 5.04. The highest BCUT2D eigenvalue weighted by molar-refractivity contribution is 5.94. The van der Waals surface area contributed by atoms with Gasteiger partial charge in [0.1, 0.15) is 5.75 Å². The van der Waals surface area contributed by atoms with E-state index in [1.54, 1.807) is 18.2 Å². The number of carbonyl (C=O) groups is 1. The minimum Gasteiger partial charge on any atom is -0.508 e. The molecular weight excluding hydrogens is 360 g/mol. The van der Waals surface area contributed by atoms with Gasteiger partial charge in [0.2, 0.25) is 0 Å². The molecule has 152 valence electrons. The average molecular weight is 391 g/mol. The number of fused-ring (bicyclic) bond motifs is 4. The topological polar surface area (TPSA) is 43.8 Å². The number of rotatable bonds is 3. The molecule has 3 heterocycles. The van der Waals surface area contributed by atoms with Crippen LogP contribution in [-0.4, -0.2) is 52.5 Å². The van der Waals surface area contributed by atoms with E-state index in [0.717, 1.165) is 26.1 Å². The number of nitrogens with zero attached hydrogens (tertiary/aromatic N) is 2. The van der Waals surface area contributed by atoms with Gasteiger partial charge in [0.15, 0.2) is 0 Å². The number of phenols is 1. The van der Waals surface area contributed by atoms with Crippen LogP contribution in [-0.2, 0) is 6.42 Å². The Bertz CT molecular complexity index is 868. The SMILES string of the molecule is O=C(c1cccc(O)c1)N1C[C@@H]2C[C@H](C1)[C@@H]1CCC[C@H](Cc3ccccc3)N1C2. The molecule has 3 fully saturated rings. The Hall–Kier alpha value is -2.33. The number of carbonyl (C=O) groups excluding carboxylic acids is 1. The van der Waals surface area contributed by atoms with E-state index < -0.39 is 0 Å². The summed E-state index contributed by atoms with van der Waals surface area (Å²) in [5, 5.41) is 9.75. The quantitative estimate of drug-likeness (QED) is 0.863. The molecule has 29 heavy (non-hydrogen) atoms. The highest BCUT2D eigenvalue weighted by Gasteiger charge is 2.45. The number of piperidine rings is 3. The number of hydrogen-bond acceptors (Lipinski definition) is 3. The number of likely N-dealkylation sites (tertiary alicyclic amines) is 1. The van der Waals surface area contributed by atoms with Crippen LogP contribution in [0.5, 0.6) is 5.75 Å². The lowest BCUT2D eigenvalue weighted by atomic mass is 9.74. The summed E-state index contributed by atoms with van der Waals surface area (Å²) >= 11 is 0. The van der Waals surface area contributed by atoms with Crippen molar-refractivity contribution in [1.29, 1.82) is 0 Å². The van der Waals surface area contributed by atoms with Crippen molar-refractivity contribution in [1.82, 2.24) is 9.80 Å². The van der Waals surface area contributed by atoms with Gasteiger partial charge < -0.3 is 10.0 Å². The van der Waals surface area contributed by atoms with Crippen LogP contribution in [0.15, 0.2) is 54.6 Å². The van der Waals surface area contributed by atoms with Crippen molar-refractivity contribution < 1.29 is 9.90 Å². The second-order valence-electron chi connectivity index (χ2n) is 9.16. The second-order valence-corrected chi connectivity index (χ2v) is 9.16. The maximum atomic E-state index is 13.0. The van der Waals surface area contributed by atoms with Gasteiger partial charge in [-0.2, -0.15) is 0 Å². The van der Waals surface area contributed by atoms with Crippen molar-refractivity contribution in [2.75, 3.05) is 19.6 Å². The lowest BCUT2D eigenvalue weighted by molar-refractivity contribution is -0.0498. The predicted molar refractivity (Wildman–Crippen MR) is 114 cm³/mol. The van der Waals surface area contributed by atoms with Crippen LogP contribution in [0.2, 0.25) is 0 Å². The molecule has 0 aliphatic carbocycles. The van der Waals surface area contributed by atoms with E-state index in [1.807, 2.05) is 11.0 Å². The van der Waals surface area contributed by atoms with Gasteiger partial charge in [0, 0.05) is 37.3 Å². The number of amides is 1. The molecule has 4 atom stereocenters. The Balaban J connectivity index is 1.31. The van der Waals surface area contributed by atoms with Crippen LogP contribution in [0.25, 0.3) is 0 Å². The smallest absolute Gasteiger partial charge is 0.254 e. The fourth-order valence-electron chi connectivity index (χ4n) is 6.00. The van der Waals surface area contributed by atoms with E-state index in [0.29, 0.717) is 29.5 Å². The van der Waals surface area contributed by atoms with Gasteiger partial charge in [-0.15, -0.1) is 0 Å². The van der Waals surface area contributed by atoms with E-state index >= 15 is 0 Å². The maximum absolute atomic E-state index is 13.0. The van der Waals surface area contributed by atoms with Crippen LogP contribution < -0.4 is 0 Å². The standard InChI is InChI=1S/C25H30N2O2/c28-23-10-4-8-20(14-23)25(29)26-15-19-12-21(17-26)24-11-5-9-22(27(24)16-19)13-18-6-2-1-3-7-18/h1-4,6-8,10,14,19,21-22,24,28H,5,9,11-13,15-17H2/t19-,21+,22+,24-/m0/s1. The van der Waals surface area contributed by atoms with Crippen molar-refractivity contribution in [2.24, 2.45) is 11.8 Å². The summed E-state index contributed by atoms with van der Waals surface area (Å²) < 4.78 is 0. The van der Waals surface area contributed by atoms with Crippen LogP contribution in [0.3, 0.4) is 0 Å². The molecule has 4 heteroatoms. The fraction of sp³-hybridized carbons (Fsp3) is 0.480. The van der Waals surface area contributed by atoms with E-state index in [2.05, 4.69) is 35.2 Å². The first-order valence-electron chi connectivity index (χ1n) is 11.1. The molecule has 1 amide bonds. The first-order chi connectivity index (χ1) is 14.2. The molecule has 0 aromatic heterocycles. The summed E-state index contributed by atoms with van der Waals surface area (Å²) in [6.45, 7) is 2.80. The summed E-state index contributed by atoms with van der Waals surface area (Å²) in [4.78, 5) is 17.9. The molecule has 5 rings (SSSR count). The van der Waals surface area contributed by atoms with E-state index in [-0.39, 0.29) is 11.7 Å². The first kappa shape index (κ1) is 18.7. The van der Waals surface area contributed by atoms with Crippen LogP contribution in [0.1, 0.15) is 41.6 Å². The monoisotopic (exact) mass is 390 g/mol. The lowest BCUT2D eigenvalue weighted by Crippen LogP contribution is -2.62. The summed E-state index contributed by atoms with van der Waals surface area (Å²) in [6.07, 6.45) is 6.24. The van der Waals surface area contributed by atoms with Gasteiger partial charge in [-0.05, 0) is 61.3 Å². The van der Waals surface area contributed by atoms with Crippen molar-refractivity contribution in [3.05, 3.63) is 65.7 Å². The Labute approximate surface area is 173 Å². The zero-order valence-corrected chi connectivity index (χ0v) is 16.9. The van der Waals surface area contributed by atoms with E-state index in [4.69, 9.17) is 0 Å². The van der Waals surface area contributed by atoms with Gasteiger partial charge in [-0.1, -0.05) is 42.8 Å². The number of phenolic OH excluding ortho intramolecular Hbond substituents is 1. The Morgan fingerprint density at radius 3 is 2.69 bits per heavy atom. The van der Waals surface area contributed by atoms with E-state index in [9.17, 15) is 9.90 Å². The zero-order chi connectivity index (χ0) is 19.8. The van der Waals surface area contributed by atoms with Gasteiger partial charge in [-0.3, -0.25) is 9.69 Å². The number of hydrogen-bond donors (Lipinski definition) is 1. The Morgan fingerprint density at radius 2 is 1.86 bits per heavy atom. The summed E-state index contributed by atoms with van der Waals surface area (Å²) in [6, 6.07) is 18.9. The van der Waals surface area contributed by atoms with E-state index in [1.165, 1.54) is 31.2 Å². The van der Waals surface area contributed by atoms with Gasteiger partial charge in [0.25, 0.3) is 5.91 Å². The lowest BCUT2D eigenvalue weighted by Gasteiger charge is -2.55. The molecule has 0 saturated carbocycles. The summed E-state index contributed by atoms with van der Waals surface area (Å²) in [5.41, 5.74) is 2.04. The summed E-state index contributed by atoms with van der Waals surface area (Å²) in [5.74, 6) is 1.36. The number of benzene rings is 2. The molecular formula is C25H30N2O2. The molecule has 4 nitrogen and oxygen atoms in total. The average Bonchev–Trinajstić information content (AvgIpc) is 2.74. The van der Waals surface area contributed by atoms with Gasteiger partial charge in [0.05, 0.1) is 0 Å². The van der Waals surface area contributed by atoms with Crippen LogP contribution >= 0.6 is 0 Å². The van der Waals surface area contributed by atoms with Crippen molar-refractivity contribution in [3.63, 3.8) is 0 Å². The molecule has 0 unspecified atom stereocenters. The number of aromatic hydroxyl groups is 1. The third-order valence-corrected chi connectivity index (χ3v) is 7.21. The Morgan fingerprint density at radius 1 is 1.00 bits per heavy atom. The van der Waals surface area contributed by atoms with Gasteiger partial charge >= 0.3 is 0 Å². The summed E-state index contributed by atoms with van der Waals surface area (Å²) in [7, 11) is 0. The molecule has 0 radical (unpaired) electrons. The first-order valence-corrected chi connectivity index (χ1v) is 11.1. The van der Waals surface area contributed by atoms with Crippen molar-refractivity contribution in [3.8, 4) is 5.75 Å². The van der Waals surface area contributed by atoms with Crippen LogP contribution in [0, 0.1) is 11.8 Å². The molecule has 2 bridgehead atoms. The molecule has 2 aromatic rings. The fourth-order valence-corrected chi connectivity index (χ4v) is 6.00. The molecule has 3 aliphatic rings. The molecule has 0 spiro atoms. The molecule has 2 aromatic carbocycles. The third-order valence-electron chi connectivity index (χ3n) is 7.21. The second kappa shape index (κ2) is 7.83. The third kappa shape index (κ3) is 3.78. The highest BCUT2D eigenvalue weighted by atomic mass is 16.3. The van der Waals surface area contributed by atoms with Crippen molar-refractivity contribution >= 4 is 5.91 Å². The maximum Gasteiger partial charge on any atom is 0.254 e. The largest absolute Gasteiger partial charge is 0.508 e. The molecule has 3 saturated heterocycles. The van der Waals surface area contributed by atoms with Crippen molar-refractivity contribution in [2.45, 2.75) is 44.2 Å². The van der Waals surface area contributed by atoms with Crippen LogP contribution in [0.4, 0.5) is 0 Å². The highest BCUT2D eigenvalue weighted by Crippen LogP contribution is 2.40. The molecule has 1 N–H and O–H groups in total. The molecule has 3 aliphatic heterocycles. The normalized spacial score (nSPS) is 29.3. The zero-order valence-electron chi connectivity index (χ0n) is 16.9. The minimum atomic E-state index is 0.0701. The van der Waals surface area contributed by atoms with Gasteiger partial charge in [-0.25, -0.2) is 0 Å². The predicted octanol–water partition coefficient (Wildman–Crippen LogP) is 3.95. The minimum absolute atomic E-state index is 0.0701.